The Morgan fingerprint density at radius 3 is 2.50 bits per heavy atom. The van der Waals surface area contributed by atoms with Crippen LogP contribution in [0.15, 0.2) is 9.59 Å². The van der Waals surface area contributed by atoms with Gasteiger partial charge in [0.15, 0.2) is 0 Å². The van der Waals surface area contributed by atoms with Crippen molar-refractivity contribution in [3.05, 3.63) is 20.8 Å². The Morgan fingerprint density at radius 2 is 2.00 bits per heavy atom. The summed E-state index contributed by atoms with van der Waals surface area (Å²) in [6.45, 7) is 4.77. The number of aromatic nitrogens is 2. The lowest BCUT2D eigenvalue weighted by Gasteiger charge is -2.47. The van der Waals surface area contributed by atoms with Crippen molar-refractivity contribution in [2.75, 3.05) is 23.7 Å². The Morgan fingerprint density at radius 1 is 1.39 bits per heavy atom. The Balaban J connectivity index is 2.42. The fraction of sp³-hybridized carbons (Fsp3) is 0.636. The van der Waals surface area contributed by atoms with Crippen LogP contribution in [0.1, 0.15) is 20.3 Å². The molecule has 7 nitrogen and oxygen atoms in total. The zero-order valence-electron chi connectivity index (χ0n) is 10.6. The fourth-order valence-corrected chi connectivity index (χ4v) is 2.24. The van der Waals surface area contributed by atoms with Gasteiger partial charge in [0.2, 0.25) is 0 Å². The molecule has 0 amide bonds. The molecule has 100 valence electrons. The highest BCUT2D eigenvalue weighted by Crippen LogP contribution is 2.30. The maximum absolute atomic E-state index is 11.8. The summed E-state index contributed by atoms with van der Waals surface area (Å²) in [5.74, 6) is 0.157. The molecular formula is C11H18N4O3. The molecule has 0 bridgehead atoms. The van der Waals surface area contributed by atoms with Gasteiger partial charge in [0.25, 0.3) is 5.56 Å². The van der Waals surface area contributed by atoms with Crippen LogP contribution in [0.25, 0.3) is 0 Å². The van der Waals surface area contributed by atoms with E-state index in [1.54, 1.807) is 11.8 Å². The standard InChI is InChI=1S/C11H18N4O3/c1-3-11(18)5-14(6-11)7-8(12)15(4-2)10(17)13-9(7)16/h18H,3-6,12H2,1-2H3,(H,13,16,17). The lowest BCUT2D eigenvalue weighted by molar-refractivity contribution is 0.00841. The second-order valence-electron chi connectivity index (χ2n) is 4.67. The Bertz CT molecular complexity index is 569. The number of hydrogen-bond donors (Lipinski definition) is 3. The monoisotopic (exact) mass is 254 g/mol. The van der Waals surface area contributed by atoms with Crippen molar-refractivity contribution < 1.29 is 5.11 Å². The van der Waals surface area contributed by atoms with Crippen LogP contribution in [0, 0.1) is 0 Å². The van der Waals surface area contributed by atoms with Crippen LogP contribution in [0.4, 0.5) is 11.5 Å². The molecule has 18 heavy (non-hydrogen) atoms. The maximum atomic E-state index is 11.8. The molecule has 1 aliphatic rings. The minimum Gasteiger partial charge on any atom is -0.386 e. The van der Waals surface area contributed by atoms with Gasteiger partial charge in [-0.15, -0.1) is 0 Å². The van der Waals surface area contributed by atoms with Gasteiger partial charge >= 0.3 is 5.69 Å². The summed E-state index contributed by atoms with van der Waals surface area (Å²) in [6.07, 6.45) is 0.620. The second-order valence-corrected chi connectivity index (χ2v) is 4.67. The minimum atomic E-state index is -0.758. The first-order chi connectivity index (χ1) is 8.41. The molecule has 4 N–H and O–H groups in total. The van der Waals surface area contributed by atoms with Crippen LogP contribution in [0.5, 0.6) is 0 Å². The first-order valence-corrected chi connectivity index (χ1v) is 6.01. The summed E-state index contributed by atoms with van der Waals surface area (Å²) in [4.78, 5) is 27.2. The molecule has 1 aromatic rings. The zero-order valence-corrected chi connectivity index (χ0v) is 10.6. The largest absolute Gasteiger partial charge is 0.386 e. The number of rotatable bonds is 3. The van der Waals surface area contributed by atoms with Gasteiger partial charge in [-0.2, -0.15) is 0 Å². The van der Waals surface area contributed by atoms with E-state index in [4.69, 9.17) is 5.73 Å². The molecule has 0 spiro atoms. The van der Waals surface area contributed by atoms with Gasteiger partial charge in [0, 0.05) is 19.6 Å². The number of nitrogens with two attached hydrogens (primary N) is 1. The van der Waals surface area contributed by atoms with E-state index < -0.39 is 16.9 Å². The Labute approximate surface area is 104 Å². The minimum absolute atomic E-state index is 0.157. The summed E-state index contributed by atoms with van der Waals surface area (Å²) < 4.78 is 1.31. The van der Waals surface area contributed by atoms with Gasteiger partial charge in [0.1, 0.15) is 11.5 Å². The number of hydrogen-bond acceptors (Lipinski definition) is 5. The quantitative estimate of drug-likeness (QED) is 0.648. The average Bonchev–Trinajstić information content (AvgIpc) is 2.26. The fourth-order valence-electron chi connectivity index (χ4n) is 2.24. The molecule has 1 fully saturated rings. The predicted molar refractivity (Wildman–Crippen MR) is 68.9 cm³/mol. The van der Waals surface area contributed by atoms with E-state index >= 15 is 0 Å². The molecule has 0 saturated carbocycles. The zero-order chi connectivity index (χ0) is 13.5. The second kappa shape index (κ2) is 4.16. The molecular weight excluding hydrogens is 236 g/mol. The average molecular weight is 254 g/mol. The van der Waals surface area contributed by atoms with E-state index in [0.29, 0.717) is 26.1 Å². The highest BCUT2D eigenvalue weighted by Gasteiger charge is 2.41. The van der Waals surface area contributed by atoms with Crippen LogP contribution < -0.4 is 21.9 Å². The number of H-pyrrole nitrogens is 1. The van der Waals surface area contributed by atoms with Crippen LogP contribution >= 0.6 is 0 Å². The predicted octanol–water partition coefficient (Wildman–Crippen LogP) is -0.900. The van der Waals surface area contributed by atoms with Crippen LogP contribution in [-0.4, -0.2) is 33.3 Å². The molecule has 2 heterocycles. The van der Waals surface area contributed by atoms with Crippen molar-refractivity contribution in [3.63, 3.8) is 0 Å². The first kappa shape index (κ1) is 12.7. The lowest BCUT2D eigenvalue weighted by Crippen LogP contribution is -2.63. The van der Waals surface area contributed by atoms with Gasteiger partial charge in [-0.25, -0.2) is 4.79 Å². The molecule has 0 atom stereocenters. The first-order valence-electron chi connectivity index (χ1n) is 6.01. The van der Waals surface area contributed by atoms with E-state index in [2.05, 4.69) is 4.98 Å². The summed E-state index contributed by atoms with van der Waals surface area (Å²) in [7, 11) is 0. The summed E-state index contributed by atoms with van der Waals surface area (Å²) in [5, 5.41) is 9.95. The van der Waals surface area contributed by atoms with E-state index in [9.17, 15) is 14.7 Å². The summed E-state index contributed by atoms with van der Waals surface area (Å²) in [6, 6.07) is 0. The third kappa shape index (κ3) is 1.80. The number of β-amino-alcohol motifs (C(OH)–C–C–N with tert-alkyl or cyclic N) is 1. The van der Waals surface area contributed by atoms with E-state index in [-0.39, 0.29) is 11.5 Å². The molecule has 0 radical (unpaired) electrons. The van der Waals surface area contributed by atoms with Crippen molar-refractivity contribution in [1.29, 1.82) is 0 Å². The van der Waals surface area contributed by atoms with Crippen LogP contribution in [0.2, 0.25) is 0 Å². The molecule has 1 aromatic heterocycles. The van der Waals surface area contributed by atoms with Crippen molar-refractivity contribution in [1.82, 2.24) is 9.55 Å². The number of aliphatic hydroxyl groups is 1. The highest BCUT2D eigenvalue weighted by molar-refractivity contribution is 5.64. The third-order valence-electron chi connectivity index (χ3n) is 3.48. The van der Waals surface area contributed by atoms with Gasteiger partial charge in [-0.1, -0.05) is 6.92 Å². The Kier molecular flexibility index (Phi) is 2.94. The van der Waals surface area contributed by atoms with E-state index in [1.807, 2.05) is 6.92 Å². The Hall–Kier alpha value is -1.76. The smallest absolute Gasteiger partial charge is 0.330 e. The maximum Gasteiger partial charge on any atom is 0.330 e. The van der Waals surface area contributed by atoms with Crippen LogP contribution in [-0.2, 0) is 6.54 Å². The number of nitrogen functional groups attached to an aromatic ring is 1. The van der Waals surface area contributed by atoms with Gasteiger partial charge in [-0.3, -0.25) is 14.3 Å². The molecule has 2 rings (SSSR count). The molecule has 7 heteroatoms. The van der Waals surface area contributed by atoms with Crippen molar-refractivity contribution in [2.24, 2.45) is 0 Å². The number of nitrogens with zero attached hydrogens (tertiary/aromatic N) is 2. The van der Waals surface area contributed by atoms with Gasteiger partial charge < -0.3 is 15.7 Å². The third-order valence-corrected chi connectivity index (χ3v) is 3.48. The number of anilines is 2. The molecule has 0 aliphatic carbocycles. The van der Waals surface area contributed by atoms with Gasteiger partial charge in [0.05, 0.1) is 5.60 Å². The highest BCUT2D eigenvalue weighted by atomic mass is 16.3. The van der Waals surface area contributed by atoms with Crippen molar-refractivity contribution in [3.8, 4) is 0 Å². The van der Waals surface area contributed by atoms with E-state index in [0.717, 1.165) is 0 Å². The summed E-state index contributed by atoms with van der Waals surface area (Å²) in [5.41, 5.74) is 4.37. The molecule has 0 unspecified atom stereocenters. The van der Waals surface area contributed by atoms with Crippen molar-refractivity contribution in [2.45, 2.75) is 32.4 Å². The SMILES string of the molecule is CCn1c(N)c(N2CC(O)(CC)C2)c(=O)[nH]c1=O. The normalized spacial score (nSPS) is 17.6. The molecule has 1 saturated heterocycles. The molecule has 0 aromatic carbocycles. The number of aromatic amines is 1. The lowest BCUT2D eigenvalue weighted by atomic mass is 9.91. The topological polar surface area (TPSA) is 104 Å². The summed E-state index contributed by atoms with van der Waals surface area (Å²) >= 11 is 0. The van der Waals surface area contributed by atoms with Crippen LogP contribution in [0.3, 0.4) is 0 Å². The van der Waals surface area contributed by atoms with Gasteiger partial charge in [-0.05, 0) is 13.3 Å². The molecule has 1 aliphatic heterocycles. The van der Waals surface area contributed by atoms with Crippen molar-refractivity contribution >= 4 is 11.5 Å². The number of nitrogens with one attached hydrogen (secondary N) is 1. The van der Waals surface area contributed by atoms with E-state index in [1.165, 1.54) is 4.57 Å².